The Bertz CT molecular complexity index is 1080. The van der Waals surface area contributed by atoms with Gasteiger partial charge in [0.1, 0.15) is 5.60 Å². The third-order valence-electron chi connectivity index (χ3n) is 4.98. The molecule has 0 saturated heterocycles. The van der Waals surface area contributed by atoms with Crippen LogP contribution in [0.3, 0.4) is 0 Å². The standard InChI is InChI=1S/C28H31N3O4/c1-28(2,3)35-27(34)29-19-18-24(32)30-22-14-16-23(17-15-22)31-26(33)25(20-10-6-4-7-11-20)21-12-8-5-9-13-21/h4-17,25H,18-19H2,1-3H3,(H,29,34)(H,30,32)(H,31,33). The van der Waals surface area contributed by atoms with Crippen LogP contribution in [0.1, 0.15) is 44.2 Å². The molecule has 0 atom stereocenters. The molecular weight excluding hydrogens is 442 g/mol. The topological polar surface area (TPSA) is 96.5 Å². The first-order valence-electron chi connectivity index (χ1n) is 11.5. The lowest BCUT2D eigenvalue weighted by Crippen LogP contribution is -2.34. The fraction of sp³-hybridized carbons (Fsp3) is 0.250. The smallest absolute Gasteiger partial charge is 0.407 e. The summed E-state index contributed by atoms with van der Waals surface area (Å²) >= 11 is 0. The van der Waals surface area contributed by atoms with E-state index in [1.165, 1.54) is 0 Å². The number of carbonyl (C=O) groups is 3. The van der Waals surface area contributed by atoms with Crippen molar-refractivity contribution in [1.82, 2.24) is 5.32 Å². The van der Waals surface area contributed by atoms with Crippen molar-refractivity contribution in [3.63, 3.8) is 0 Å². The lowest BCUT2D eigenvalue weighted by Gasteiger charge is -2.19. The number of amides is 3. The Morgan fingerprint density at radius 1 is 0.743 bits per heavy atom. The van der Waals surface area contributed by atoms with E-state index in [4.69, 9.17) is 4.74 Å². The molecule has 0 spiro atoms. The maximum atomic E-state index is 13.2. The lowest BCUT2D eigenvalue weighted by molar-refractivity contribution is -0.117. The van der Waals surface area contributed by atoms with Crippen molar-refractivity contribution in [3.05, 3.63) is 96.1 Å². The minimum Gasteiger partial charge on any atom is -0.444 e. The number of anilines is 2. The summed E-state index contributed by atoms with van der Waals surface area (Å²) in [6.45, 7) is 5.48. The van der Waals surface area contributed by atoms with Gasteiger partial charge in [-0.15, -0.1) is 0 Å². The predicted octanol–water partition coefficient (Wildman–Crippen LogP) is 5.31. The molecule has 3 aromatic carbocycles. The van der Waals surface area contributed by atoms with Crippen molar-refractivity contribution in [2.45, 2.75) is 38.7 Å². The first-order chi connectivity index (χ1) is 16.7. The third kappa shape index (κ3) is 8.30. The number of rotatable bonds is 8. The molecule has 0 aromatic heterocycles. The van der Waals surface area contributed by atoms with Gasteiger partial charge in [0.25, 0.3) is 0 Å². The monoisotopic (exact) mass is 473 g/mol. The van der Waals surface area contributed by atoms with E-state index >= 15 is 0 Å². The van der Waals surface area contributed by atoms with Crippen LogP contribution in [0.5, 0.6) is 0 Å². The molecular formula is C28H31N3O4. The maximum absolute atomic E-state index is 13.2. The van der Waals surface area contributed by atoms with Crippen LogP contribution in [0, 0.1) is 0 Å². The van der Waals surface area contributed by atoms with Crippen molar-refractivity contribution >= 4 is 29.3 Å². The average Bonchev–Trinajstić information content (AvgIpc) is 2.81. The van der Waals surface area contributed by atoms with Gasteiger partial charge in [0.05, 0.1) is 5.92 Å². The minimum atomic E-state index is -0.592. The molecule has 0 radical (unpaired) electrons. The Balaban J connectivity index is 1.56. The van der Waals surface area contributed by atoms with Gasteiger partial charge in [-0.1, -0.05) is 60.7 Å². The fourth-order valence-corrected chi connectivity index (χ4v) is 3.45. The Kier molecular flexibility index (Phi) is 8.62. The first kappa shape index (κ1) is 25.5. The van der Waals surface area contributed by atoms with Gasteiger partial charge in [-0.3, -0.25) is 9.59 Å². The van der Waals surface area contributed by atoms with Gasteiger partial charge in [-0.25, -0.2) is 4.79 Å². The molecule has 3 amide bonds. The Labute approximate surface area is 205 Å². The van der Waals surface area contributed by atoms with Crippen LogP contribution in [-0.2, 0) is 14.3 Å². The van der Waals surface area contributed by atoms with Gasteiger partial charge in [0.15, 0.2) is 0 Å². The number of benzene rings is 3. The van der Waals surface area contributed by atoms with E-state index in [0.29, 0.717) is 11.4 Å². The number of hydrogen-bond donors (Lipinski definition) is 3. The molecule has 3 aromatic rings. The zero-order chi connectivity index (χ0) is 25.3. The number of carbonyl (C=O) groups excluding carboxylic acids is 3. The number of alkyl carbamates (subject to hydrolysis) is 1. The first-order valence-corrected chi connectivity index (χ1v) is 11.5. The highest BCUT2D eigenvalue weighted by atomic mass is 16.6. The van der Waals surface area contributed by atoms with Crippen molar-refractivity contribution < 1.29 is 19.1 Å². The molecule has 0 saturated carbocycles. The van der Waals surface area contributed by atoms with Crippen LogP contribution >= 0.6 is 0 Å². The van der Waals surface area contributed by atoms with E-state index in [-0.39, 0.29) is 24.8 Å². The molecule has 3 N–H and O–H groups in total. The second-order valence-electron chi connectivity index (χ2n) is 9.05. The SMILES string of the molecule is CC(C)(C)OC(=O)NCCC(=O)Nc1ccc(NC(=O)C(c2ccccc2)c2ccccc2)cc1. The van der Waals surface area contributed by atoms with E-state index in [1.807, 2.05) is 60.7 Å². The van der Waals surface area contributed by atoms with Crippen LogP contribution < -0.4 is 16.0 Å². The second kappa shape index (κ2) is 11.8. The van der Waals surface area contributed by atoms with E-state index in [2.05, 4.69) is 16.0 Å². The summed E-state index contributed by atoms with van der Waals surface area (Å²) in [7, 11) is 0. The van der Waals surface area contributed by atoms with E-state index < -0.39 is 17.6 Å². The Morgan fingerprint density at radius 3 is 1.71 bits per heavy atom. The van der Waals surface area contributed by atoms with Gasteiger partial charge in [0.2, 0.25) is 11.8 Å². The molecule has 35 heavy (non-hydrogen) atoms. The normalized spacial score (nSPS) is 11.0. The molecule has 3 rings (SSSR count). The van der Waals surface area contributed by atoms with Crippen LogP contribution in [0.15, 0.2) is 84.9 Å². The molecule has 7 heteroatoms. The molecule has 0 aliphatic heterocycles. The van der Waals surface area contributed by atoms with Crippen LogP contribution in [0.2, 0.25) is 0 Å². The summed E-state index contributed by atoms with van der Waals surface area (Å²) in [5, 5.41) is 8.30. The summed E-state index contributed by atoms with van der Waals surface area (Å²) < 4.78 is 5.14. The maximum Gasteiger partial charge on any atom is 0.407 e. The average molecular weight is 474 g/mol. The van der Waals surface area contributed by atoms with Gasteiger partial charge >= 0.3 is 6.09 Å². The van der Waals surface area contributed by atoms with E-state index in [0.717, 1.165) is 11.1 Å². The largest absolute Gasteiger partial charge is 0.444 e. The van der Waals surface area contributed by atoms with Crippen LogP contribution in [0.4, 0.5) is 16.2 Å². The Morgan fingerprint density at radius 2 is 1.23 bits per heavy atom. The molecule has 0 fully saturated rings. The van der Waals surface area contributed by atoms with E-state index in [9.17, 15) is 14.4 Å². The molecule has 0 heterocycles. The summed E-state index contributed by atoms with van der Waals surface area (Å²) in [6.07, 6.45) is -0.456. The number of nitrogens with one attached hydrogen (secondary N) is 3. The number of hydrogen-bond acceptors (Lipinski definition) is 4. The molecule has 0 unspecified atom stereocenters. The summed E-state index contributed by atoms with van der Waals surface area (Å²) in [4.78, 5) is 37.0. The zero-order valence-corrected chi connectivity index (χ0v) is 20.2. The quantitative estimate of drug-likeness (QED) is 0.413. The van der Waals surface area contributed by atoms with Crippen molar-refractivity contribution in [1.29, 1.82) is 0 Å². The Hall–Kier alpha value is -4.13. The van der Waals surface area contributed by atoms with Gasteiger partial charge in [-0.2, -0.15) is 0 Å². The lowest BCUT2D eigenvalue weighted by atomic mass is 9.90. The zero-order valence-electron chi connectivity index (χ0n) is 20.2. The number of ether oxygens (including phenoxy) is 1. The molecule has 0 aliphatic carbocycles. The fourth-order valence-electron chi connectivity index (χ4n) is 3.45. The third-order valence-corrected chi connectivity index (χ3v) is 4.98. The summed E-state index contributed by atoms with van der Waals surface area (Å²) in [6, 6.07) is 26.2. The second-order valence-corrected chi connectivity index (χ2v) is 9.05. The highest BCUT2D eigenvalue weighted by molar-refractivity contribution is 5.98. The van der Waals surface area contributed by atoms with Gasteiger partial charge < -0.3 is 20.7 Å². The summed E-state index contributed by atoms with van der Waals surface area (Å²) in [5.41, 5.74) is 2.43. The highest BCUT2D eigenvalue weighted by Crippen LogP contribution is 2.26. The minimum absolute atomic E-state index is 0.105. The molecule has 7 nitrogen and oxygen atoms in total. The van der Waals surface area contributed by atoms with Crippen molar-refractivity contribution in [2.24, 2.45) is 0 Å². The van der Waals surface area contributed by atoms with Gasteiger partial charge in [-0.05, 0) is 56.2 Å². The highest BCUT2D eigenvalue weighted by Gasteiger charge is 2.22. The van der Waals surface area contributed by atoms with Crippen LogP contribution in [0.25, 0.3) is 0 Å². The van der Waals surface area contributed by atoms with Crippen molar-refractivity contribution in [2.75, 3.05) is 17.2 Å². The van der Waals surface area contributed by atoms with Gasteiger partial charge in [0, 0.05) is 24.3 Å². The predicted molar refractivity (Wildman–Crippen MR) is 137 cm³/mol. The van der Waals surface area contributed by atoms with Crippen LogP contribution in [-0.4, -0.2) is 30.1 Å². The summed E-state index contributed by atoms with van der Waals surface area (Å²) in [5.74, 6) is -0.840. The molecule has 182 valence electrons. The molecule has 0 aliphatic rings. The van der Waals surface area contributed by atoms with E-state index in [1.54, 1.807) is 45.0 Å². The molecule has 0 bridgehead atoms. The van der Waals surface area contributed by atoms with Crippen molar-refractivity contribution in [3.8, 4) is 0 Å².